The van der Waals surface area contributed by atoms with Crippen LogP contribution < -0.4 is 15.4 Å². The van der Waals surface area contributed by atoms with Gasteiger partial charge in [0.25, 0.3) is 5.91 Å². The first-order valence-electron chi connectivity index (χ1n) is 12.8. The number of ether oxygens (including phenoxy) is 1. The Morgan fingerprint density at radius 2 is 1.97 bits per heavy atom. The number of hydrogen-bond donors (Lipinski definition) is 4. The van der Waals surface area contributed by atoms with E-state index < -0.39 is 30.6 Å². The lowest BCUT2D eigenvalue weighted by Gasteiger charge is -2.32. The molecule has 196 valence electrons. The molecular formula is C27H32FN5O4. The molecule has 0 saturated heterocycles. The molecular weight excluding hydrogens is 477 g/mol. The van der Waals surface area contributed by atoms with Crippen LogP contribution in [0.3, 0.4) is 0 Å². The molecule has 2 aliphatic rings. The van der Waals surface area contributed by atoms with Gasteiger partial charge in [-0.25, -0.2) is 14.4 Å². The zero-order valence-electron chi connectivity index (χ0n) is 21.0. The maximum Gasteiger partial charge on any atom is 0.255 e. The summed E-state index contributed by atoms with van der Waals surface area (Å²) in [7, 11) is 0. The van der Waals surface area contributed by atoms with Gasteiger partial charge in [0, 0.05) is 23.7 Å². The zero-order chi connectivity index (χ0) is 26.1. The predicted molar refractivity (Wildman–Crippen MR) is 136 cm³/mol. The molecule has 2 heterocycles. The van der Waals surface area contributed by atoms with Crippen molar-refractivity contribution in [2.75, 3.05) is 13.2 Å². The molecule has 9 nitrogen and oxygen atoms in total. The van der Waals surface area contributed by atoms with Crippen molar-refractivity contribution >= 4 is 22.8 Å². The lowest BCUT2D eigenvalue weighted by Crippen LogP contribution is -2.50. The number of benzene rings is 1. The van der Waals surface area contributed by atoms with Gasteiger partial charge in [-0.1, -0.05) is 11.6 Å². The van der Waals surface area contributed by atoms with E-state index in [0.29, 0.717) is 53.4 Å². The van der Waals surface area contributed by atoms with Gasteiger partial charge < -0.3 is 25.5 Å². The molecule has 3 aromatic rings. The lowest BCUT2D eigenvalue weighted by atomic mass is 9.89. The van der Waals surface area contributed by atoms with Crippen molar-refractivity contribution in [3.05, 3.63) is 41.3 Å². The molecule has 4 N–H and O–H groups in total. The summed E-state index contributed by atoms with van der Waals surface area (Å²) in [5, 5.41) is 14.3. The first kappa shape index (κ1) is 25.1. The summed E-state index contributed by atoms with van der Waals surface area (Å²) in [6.07, 6.45) is 3.44. The van der Waals surface area contributed by atoms with E-state index in [1.165, 1.54) is 19.2 Å². The third kappa shape index (κ3) is 5.44. The number of halogens is 1. The summed E-state index contributed by atoms with van der Waals surface area (Å²) >= 11 is 0. The van der Waals surface area contributed by atoms with Gasteiger partial charge in [-0.05, 0) is 57.6 Å². The predicted octanol–water partition coefficient (Wildman–Crippen LogP) is 3.13. The van der Waals surface area contributed by atoms with Crippen LogP contribution in [0.5, 0.6) is 5.75 Å². The summed E-state index contributed by atoms with van der Waals surface area (Å²) in [6, 6.07) is 4.92. The van der Waals surface area contributed by atoms with Crippen LogP contribution in [0.15, 0.2) is 24.5 Å². The standard InChI is InChI=1S/C27H32FN5O4/c1-14-3-8-21(37-12-16-4-5-16)18(9-14)24-26-25(30-13-29-24)23(15(2)31-26)27(36)33-20-7-6-17(10-19(20)28)32-22(35)11-34/h3,8-9,13,16-17,19-20,31,34H,4-7,10-12H2,1-2H3,(H,32,35)(H,33,36)/t17-,19-,20-/m1/s1. The van der Waals surface area contributed by atoms with Crippen LogP contribution in [0.1, 0.15) is 53.7 Å². The van der Waals surface area contributed by atoms with Crippen LogP contribution in [0.25, 0.3) is 22.3 Å². The number of H-pyrrole nitrogens is 1. The average molecular weight is 510 g/mol. The fourth-order valence-electron chi connectivity index (χ4n) is 4.97. The second-order valence-electron chi connectivity index (χ2n) is 10.2. The Bertz CT molecular complexity index is 1320. The van der Waals surface area contributed by atoms with Crippen molar-refractivity contribution in [3.8, 4) is 17.0 Å². The van der Waals surface area contributed by atoms with Crippen molar-refractivity contribution in [1.29, 1.82) is 0 Å². The first-order valence-corrected chi connectivity index (χ1v) is 12.8. The van der Waals surface area contributed by atoms with E-state index in [1.807, 2.05) is 25.1 Å². The SMILES string of the molecule is Cc1ccc(OCC2CC2)c(-c2ncnc3c(C(=O)N[C@@H]4CC[C@@H](NC(=O)CO)C[C@H]4F)c(C)[nH]c23)c1. The van der Waals surface area contributed by atoms with Crippen molar-refractivity contribution in [2.45, 2.75) is 64.2 Å². The minimum absolute atomic E-state index is 0.0763. The molecule has 3 atom stereocenters. The van der Waals surface area contributed by atoms with Crippen LogP contribution in [-0.4, -0.2) is 63.3 Å². The van der Waals surface area contributed by atoms with Gasteiger partial charge in [0.1, 0.15) is 36.1 Å². The molecule has 0 unspecified atom stereocenters. The highest BCUT2D eigenvalue weighted by atomic mass is 19.1. The Labute approximate surface area is 214 Å². The van der Waals surface area contributed by atoms with Gasteiger partial charge in [-0.2, -0.15) is 0 Å². The fourth-order valence-corrected chi connectivity index (χ4v) is 4.97. The number of carbonyl (C=O) groups excluding carboxylic acids is 2. The highest BCUT2D eigenvalue weighted by molar-refractivity contribution is 6.09. The van der Waals surface area contributed by atoms with Gasteiger partial charge in [0.2, 0.25) is 5.91 Å². The third-order valence-corrected chi connectivity index (χ3v) is 7.16. The molecule has 0 bridgehead atoms. The number of amides is 2. The number of fused-ring (bicyclic) bond motifs is 1. The largest absolute Gasteiger partial charge is 0.493 e. The molecule has 2 saturated carbocycles. The van der Waals surface area contributed by atoms with Gasteiger partial charge >= 0.3 is 0 Å². The zero-order valence-corrected chi connectivity index (χ0v) is 21.0. The average Bonchev–Trinajstić information content (AvgIpc) is 3.64. The Morgan fingerprint density at radius 3 is 2.70 bits per heavy atom. The van der Waals surface area contributed by atoms with Crippen molar-refractivity contribution < 1.29 is 23.8 Å². The van der Waals surface area contributed by atoms with Gasteiger partial charge in [0.05, 0.1) is 23.7 Å². The number of carbonyl (C=O) groups is 2. The minimum atomic E-state index is -1.32. The summed E-state index contributed by atoms with van der Waals surface area (Å²) in [5.41, 5.74) is 4.59. The van der Waals surface area contributed by atoms with Gasteiger partial charge in [0.15, 0.2) is 0 Å². The Balaban J connectivity index is 1.39. The topological polar surface area (TPSA) is 129 Å². The van der Waals surface area contributed by atoms with E-state index in [4.69, 9.17) is 9.84 Å². The van der Waals surface area contributed by atoms with E-state index in [0.717, 1.165) is 16.9 Å². The van der Waals surface area contributed by atoms with Crippen LogP contribution in [0.2, 0.25) is 0 Å². The maximum atomic E-state index is 14.9. The fraction of sp³-hybridized carbons (Fsp3) is 0.481. The number of aryl methyl sites for hydroxylation is 2. The summed E-state index contributed by atoms with van der Waals surface area (Å²) < 4.78 is 21.0. The second-order valence-corrected chi connectivity index (χ2v) is 10.2. The second kappa shape index (κ2) is 10.5. The molecule has 2 fully saturated rings. The summed E-state index contributed by atoms with van der Waals surface area (Å²) in [5.74, 6) is 0.400. The molecule has 1 aromatic carbocycles. The van der Waals surface area contributed by atoms with E-state index >= 15 is 0 Å². The third-order valence-electron chi connectivity index (χ3n) is 7.16. The first-order chi connectivity index (χ1) is 17.8. The van der Waals surface area contributed by atoms with Crippen LogP contribution in [0, 0.1) is 19.8 Å². The molecule has 0 spiro atoms. The number of aromatic amines is 1. The van der Waals surface area contributed by atoms with Crippen LogP contribution in [0.4, 0.5) is 4.39 Å². The normalized spacial score (nSPS) is 21.6. The number of alkyl halides is 1. The molecule has 2 aliphatic carbocycles. The minimum Gasteiger partial charge on any atom is -0.493 e. The maximum absolute atomic E-state index is 14.9. The molecule has 2 aromatic heterocycles. The van der Waals surface area contributed by atoms with Crippen molar-refractivity contribution in [2.24, 2.45) is 5.92 Å². The molecule has 37 heavy (non-hydrogen) atoms. The number of hydrogen-bond acceptors (Lipinski definition) is 6. The summed E-state index contributed by atoms with van der Waals surface area (Å²) in [4.78, 5) is 37.0. The molecule has 0 aliphatic heterocycles. The Hall–Kier alpha value is -3.53. The highest BCUT2D eigenvalue weighted by Gasteiger charge is 2.33. The smallest absolute Gasteiger partial charge is 0.255 e. The number of nitrogens with one attached hydrogen (secondary N) is 3. The van der Waals surface area contributed by atoms with Gasteiger partial charge in [-0.3, -0.25) is 9.59 Å². The number of nitrogens with zero attached hydrogens (tertiary/aromatic N) is 2. The van der Waals surface area contributed by atoms with E-state index in [2.05, 4.69) is 25.6 Å². The highest BCUT2D eigenvalue weighted by Crippen LogP contribution is 2.37. The van der Waals surface area contributed by atoms with Gasteiger partial charge in [-0.15, -0.1) is 0 Å². The molecule has 0 radical (unpaired) electrons. The number of aliphatic hydroxyl groups excluding tert-OH is 1. The number of rotatable bonds is 8. The lowest BCUT2D eigenvalue weighted by molar-refractivity contribution is -0.124. The van der Waals surface area contributed by atoms with Crippen LogP contribution in [-0.2, 0) is 4.79 Å². The number of aliphatic hydroxyl groups is 1. The van der Waals surface area contributed by atoms with E-state index in [9.17, 15) is 14.0 Å². The van der Waals surface area contributed by atoms with E-state index in [-0.39, 0.29) is 12.5 Å². The number of aromatic nitrogens is 3. The monoisotopic (exact) mass is 509 g/mol. The van der Waals surface area contributed by atoms with Crippen LogP contribution >= 0.6 is 0 Å². The summed E-state index contributed by atoms with van der Waals surface area (Å²) in [6.45, 7) is 3.82. The van der Waals surface area contributed by atoms with Crippen molar-refractivity contribution in [1.82, 2.24) is 25.6 Å². The molecule has 5 rings (SSSR count). The van der Waals surface area contributed by atoms with E-state index in [1.54, 1.807) is 6.92 Å². The molecule has 10 heteroatoms. The Kier molecular flexibility index (Phi) is 7.10. The Morgan fingerprint density at radius 1 is 1.16 bits per heavy atom. The van der Waals surface area contributed by atoms with Crippen molar-refractivity contribution in [3.63, 3.8) is 0 Å². The quantitative estimate of drug-likeness (QED) is 0.369. The molecule has 2 amide bonds.